The number of carbonyl (C=O) groups is 1. The van der Waals surface area contributed by atoms with E-state index in [0.717, 1.165) is 12.8 Å². The summed E-state index contributed by atoms with van der Waals surface area (Å²) in [4.78, 5) is 10.6. The summed E-state index contributed by atoms with van der Waals surface area (Å²) < 4.78 is 0. The van der Waals surface area contributed by atoms with Crippen LogP contribution in [-0.2, 0) is 4.79 Å². The molecule has 0 amide bonds. The molecular formula is C10H14O2. The fraction of sp³-hybridized carbons (Fsp3) is 0.500. The van der Waals surface area contributed by atoms with Gasteiger partial charge < -0.3 is 5.11 Å². The number of allylic oxidation sites excluding steroid dienone is 2. The Morgan fingerprint density at radius 1 is 1.92 bits per heavy atom. The van der Waals surface area contributed by atoms with Crippen molar-refractivity contribution >= 4 is 5.97 Å². The maximum absolute atomic E-state index is 10.6. The Morgan fingerprint density at radius 3 is 3.00 bits per heavy atom. The molecule has 0 aromatic rings. The second kappa shape index (κ2) is 3.13. The quantitative estimate of drug-likeness (QED) is 0.653. The van der Waals surface area contributed by atoms with Crippen LogP contribution < -0.4 is 0 Å². The van der Waals surface area contributed by atoms with Crippen molar-refractivity contribution in [3.8, 4) is 0 Å². The fourth-order valence-electron chi connectivity index (χ4n) is 1.64. The van der Waals surface area contributed by atoms with Crippen molar-refractivity contribution in [3.05, 3.63) is 24.3 Å². The van der Waals surface area contributed by atoms with Crippen LogP contribution in [0.5, 0.6) is 0 Å². The lowest BCUT2D eigenvalue weighted by molar-refractivity contribution is -0.132. The number of carboxylic acids is 1. The summed E-state index contributed by atoms with van der Waals surface area (Å²) >= 11 is 0. The summed E-state index contributed by atoms with van der Waals surface area (Å²) in [5.41, 5.74) is 0.592. The molecule has 0 saturated heterocycles. The Hall–Kier alpha value is -1.05. The maximum atomic E-state index is 10.6. The Bertz CT molecular complexity index is 240. The third kappa shape index (κ3) is 1.76. The number of rotatable bonds is 3. The fourth-order valence-corrected chi connectivity index (χ4v) is 1.64. The average molecular weight is 166 g/mol. The minimum absolute atomic E-state index is 0.0372. The molecule has 1 rings (SSSR count). The van der Waals surface area contributed by atoms with Gasteiger partial charge in [-0.3, -0.25) is 0 Å². The summed E-state index contributed by atoms with van der Waals surface area (Å²) in [7, 11) is 0. The topological polar surface area (TPSA) is 37.3 Å². The van der Waals surface area contributed by atoms with E-state index in [0.29, 0.717) is 12.0 Å². The van der Waals surface area contributed by atoms with E-state index in [9.17, 15) is 4.79 Å². The van der Waals surface area contributed by atoms with Crippen LogP contribution >= 0.6 is 0 Å². The molecule has 0 aromatic heterocycles. The van der Waals surface area contributed by atoms with Gasteiger partial charge in [0.2, 0.25) is 0 Å². The lowest BCUT2D eigenvalue weighted by atomic mass is 9.87. The van der Waals surface area contributed by atoms with Crippen LogP contribution in [0.3, 0.4) is 0 Å². The van der Waals surface area contributed by atoms with Crippen LogP contribution in [0.15, 0.2) is 24.3 Å². The predicted octanol–water partition coefficient (Wildman–Crippen LogP) is 2.37. The monoisotopic (exact) mass is 166 g/mol. The molecule has 1 unspecified atom stereocenters. The molecule has 0 aliphatic heterocycles. The predicted molar refractivity (Wildman–Crippen MR) is 47.9 cm³/mol. The molecule has 1 aliphatic rings. The molecule has 0 fully saturated rings. The normalized spacial score (nSPS) is 28.2. The van der Waals surface area contributed by atoms with Gasteiger partial charge in [0.05, 0.1) is 0 Å². The van der Waals surface area contributed by atoms with E-state index in [1.165, 1.54) is 0 Å². The van der Waals surface area contributed by atoms with Gasteiger partial charge >= 0.3 is 5.97 Å². The van der Waals surface area contributed by atoms with Crippen LogP contribution in [0.25, 0.3) is 0 Å². The third-order valence-electron chi connectivity index (χ3n) is 2.37. The maximum Gasteiger partial charge on any atom is 0.331 e. The van der Waals surface area contributed by atoms with E-state index in [-0.39, 0.29) is 5.41 Å². The number of hydrogen-bond donors (Lipinski definition) is 1. The van der Waals surface area contributed by atoms with Gasteiger partial charge in [0.15, 0.2) is 0 Å². The lowest BCUT2D eigenvalue weighted by Gasteiger charge is -2.18. The summed E-state index contributed by atoms with van der Waals surface area (Å²) in [5, 5.41) is 8.72. The molecular weight excluding hydrogens is 152 g/mol. The third-order valence-corrected chi connectivity index (χ3v) is 2.37. The van der Waals surface area contributed by atoms with Gasteiger partial charge in [-0.1, -0.05) is 19.1 Å². The van der Waals surface area contributed by atoms with E-state index in [1.807, 2.05) is 12.2 Å². The zero-order valence-corrected chi connectivity index (χ0v) is 7.34. The van der Waals surface area contributed by atoms with Crippen molar-refractivity contribution < 1.29 is 9.90 Å². The number of aliphatic carboxylic acids is 1. The molecule has 0 heterocycles. The van der Waals surface area contributed by atoms with Crippen LogP contribution in [0.2, 0.25) is 0 Å². The number of hydrogen-bond acceptors (Lipinski definition) is 1. The average Bonchev–Trinajstić information content (AvgIpc) is 2.33. The zero-order chi connectivity index (χ0) is 9.19. The smallest absolute Gasteiger partial charge is 0.331 e. The van der Waals surface area contributed by atoms with E-state index in [1.54, 1.807) is 0 Å². The summed E-state index contributed by atoms with van der Waals surface area (Å²) in [6.45, 7) is 5.74. The highest BCUT2D eigenvalue weighted by Gasteiger charge is 2.29. The van der Waals surface area contributed by atoms with Crippen molar-refractivity contribution in [1.82, 2.24) is 0 Å². The van der Waals surface area contributed by atoms with E-state index in [2.05, 4.69) is 13.5 Å². The van der Waals surface area contributed by atoms with Crippen molar-refractivity contribution in [1.29, 1.82) is 0 Å². The molecule has 0 bridgehead atoms. The molecule has 1 aliphatic carbocycles. The van der Waals surface area contributed by atoms with Gasteiger partial charge in [-0.25, -0.2) is 4.79 Å². The summed E-state index contributed by atoms with van der Waals surface area (Å²) in [6, 6.07) is 0. The van der Waals surface area contributed by atoms with Gasteiger partial charge in [0, 0.05) is 5.57 Å². The first kappa shape index (κ1) is 9.04. The van der Waals surface area contributed by atoms with Crippen LogP contribution in [0.1, 0.15) is 26.2 Å². The molecule has 0 spiro atoms. The standard InChI is InChI=1S/C10H14O2/c1-3-5-10(2)6-4-8(7-10)9(11)12/h3,7H,1,4-6H2,2H3,(H,11,12). The molecule has 2 heteroatoms. The Morgan fingerprint density at radius 2 is 2.58 bits per heavy atom. The zero-order valence-electron chi connectivity index (χ0n) is 7.34. The van der Waals surface area contributed by atoms with Gasteiger partial charge in [-0.05, 0) is 24.7 Å². The Labute approximate surface area is 72.6 Å². The molecule has 1 atom stereocenters. The largest absolute Gasteiger partial charge is 0.478 e. The second-order valence-electron chi connectivity index (χ2n) is 3.62. The number of carboxylic acid groups (broad SMARTS) is 1. The summed E-state index contributed by atoms with van der Waals surface area (Å²) in [5.74, 6) is -0.775. The first-order chi connectivity index (χ1) is 5.57. The minimum Gasteiger partial charge on any atom is -0.478 e. The minimum atomic E-state index is -0.775. The van der Waals surface area contributed by atoms with Crippen LogP contribution in [0, 0.1) is 5.41 Å². The molecule has 0 saturated carbocycles. The second-order valence-corrected chi connectivity index (χ2v) is 3.62. The molecule has 66 valence electrons. The van der Waals surface area contributed by atoms with Crippen LogP contribution in [0.4, 0.5) is 0 Å². The molecule has 2 nitrogen and oxygen atoms in total. The van der Waals surface area contributed by atoms with E-state index >= 15 is 0 Å². The van der Waals surface area contributed by atoms with Gasteiger partial charge in [-0.2, -0.15) is 0 Å². The Balaban J connectivity index is 2.74. The van der Waals surface area contributed by atoms with Gasteiger partial charge in [0.25, 0.3) is 0 Å². The Kier molecular flexibility index (Phi) is 2.36. The van der Waals surface area contributed by atoms with Crippen molar-refractivity contribution in [2.45, 2.75) is 26.2 Å². The lowest BCUT2D eigenvalue weighted by Crippen LogP contribution is -2.06. The highest BCUT2D eigenvalue weighted by atomic mass is 16.4. The SMILES string of the molecule is C=CCC1(C)C=C(C(=O)O)CC1. The molecule has 0 radical (unpaired) electrons. The first-order valence-electron chi connectivity index (χ1n) is 4.13. The highest BCUT2D eigenvalue weighted by Crippen LogP contribution is 2.38. The van der Waals surface area contributed by atoms with Crippen LogP contribution in [-0.4, -0.2) is 11.1 Å². The van der Waals surface area contributed by atoms with Crippen molar-refractivity contribution in [2.75, 3.05) is 0 Å². The highest BCUT2D eigenvalue weighted by molar-refractivity contribution is 5.87. The molecule has 0 aromatic carbocycles. The van der Waals surface area contributed by atoms with Crippen molar-refractivity contribution in [2.24, 2.45) is 5.41 Å². The van der Waals surface area contributed by atoms with Crippen molar-refractivity contribution in [3.63, 3.8) is 0 Å². The molecule has 1 N–H and O–H groups in total. The van der Waals surface area contributed by atoms with Gasteiger partial charge in [0.1, 0.15) is 0 Å². The molecule has 12 heavy (non-hydrogen) atoms. The van der Waals surface area contributed by atoms with E-state index in [4.69, 9.17) is 5.11 Å². The van der Waals surface area contributed by atoms with E-state index < -0.39 is 5.97 Å². The summed E-state index contributed by atoms with van der Waals surface area (Å²) in [6.07, 6.45) is 6.21. The first-order valence-corrected chi connectivity index (χ1v) is 4.13. The van der Waals surface area contributed by atoms with Gasteiger partial charge in [-0.15, -0.1) is 6.58 Å².